The number of guanidine groups is 1. The molecule has 3 aromatic rings. The van der Waals surface area contributed by atoms with Crippen LogP contribution < -0.4 is 16.0 Å². The fourth-order valence-corrected chi connectivity index (χ4v) is 6.93. The topological polar surface area (TPSA) is 147 Å². The number of ether oxygens (including phenoxy) is 1. The van der Waals surface area contributed by atoms with Crippen molar-refractivity contribution in [2.45, 2.75) is 36.6 Å². The molecule has 2 aromatic carbocycles. The van der Waals surface area contributed by atoms with Gasteiger partial charge in [0.05, 0.1) is 28.4 Å². The molecule has 1 saturated heterocycles. The Hall–Kier alpha value is -3.71. The molecule has 1 aromatic heterocycles. The number of rotatable bonds is 9. The molecule has 43 heavy (non-hydrogen) atoms. The molecule has 1 fully saturated rings. The van der Waals surface area contributed by atoms with Crippen molar-refractivity contribution in [1.29, 1.82) is 0 Å². The Labute approximate surface area is 260 Å². The van der Waals surface area contributed by atoms with Crippen LogP contribution in [0.5, 0.6) is 0 Å². The van der Waals surface area contributed by atoms with E-state index in [1.165, 1.54) is 34.8 Å². The number of para-hydroxylation sites is 1. The largest absolute Gasteiger partial charge is 0.467 e. The first-order valence-electron chi connectivity index (χ1n) is 13.5. The second kappa shape index (κ2) is 14.2. The maximum atomic E-state index is 13.5. The summed E-state index contributed by atoms with van der Waals surface area (Å²) in [6.07, 6.45) is 5.40. The number of aliphatic imine (C=N–C) groups is 1. The van der Waals surface area contributed by atoms with Crippen LogP contribution in [0.1, 0.15) is 35.2 Å². The maximum absolute atomic E-state index is 13.5. The van der Waals surface area contributed by atoms with Crippen molar-refractivity contribution >= 4 is 62.4 Å². The number of carbonyl (C=O) groups excluding carboxylic acids is 2. The summed E-state index contributed by atoms with van der Waals surface area (Å²) in [5.74, 6) is -1.18. The number of hydrogen-bond donors (Lipinski definition) is 2. The fraction of sp³-hybridized carbons (Fsp3) is 0.310. The molecule has 0 radical (unpaired) electrons. The monoisotopic (exact) mass is 646 g/mol. The van der Waals surface area contributed by atoms with Crippen LogP contribution >= 0.6 is 23.2 Å². The van der Waals surface area contributed by atoms with Gasteiger partial charge in [-0.3, -0.25) is 9.78 Å². The quantitative estimate of drug-likeness (QED) is 0.198. The normalized spacial score (nSPS) is 15.0. The van der Waals surface area contributed by atoms with Crippen molar-refractivity contribution < 1.29 is 22.7 Å². The number of hydrogen-bond acceptors (Lipinski definition) is 7. The van der Waals surface area contributed by atoms with Crippen LogP contribution in [-0.2, 0) is 26.0 Å². The van der Waals surface area contributed by atoms with Gasteiger partial charge < -0.3 is 20.7 Å². The Kier molecular flexibility index (Phi) is 10.6. The van der Waals surface area contributed by atoms with Crippen molar-refractivity contribution in [3.8, 4) is 0 Å². The lowest BCUT2D eigenvalue weighted by molar-refractivity contribution is -0.142. The van der Waals surface area contributed by atoms with Crippen LogP contribution in [-0.4, -0.2) is 68.8 Å². The predicted octanol–water partition coefficient (Wildman–Crippen LogP) is 4.35. The zero-order valence-corrected chi connectivity index (χ0v) is 26.0. The molecular formula is C29H32Cl2N6O5S. The number of anilines is 2. The Morgan fingerprint density at radius 3 is 2.33 bits per heavy atom. The molecule has 0 saturated carbocycles. The Balaban J connectivity index is 1.52. The lowest BCUT2D eigenvalue weighted by Crippen LogP contribution is -2.40. The molecule has 11 nitrogen and oxygen atoms in total. The Morgan fingerprint density at radius 2 is 1.70 bits per heavy atom. The van der Waals surface area contributed by atoms with E-state index < -0.39 is 27.9 Å². The first kappa shape index (κ1) is 32.2. The molecule has 0 bridgehead atoms. The molecule has 4 rings (SSSR count). The Bertz CT molecular complexity index is 1590. The van der Waals surface area contributed by atoms with Crippen LogP contribution in [0.15, 0.2) is 70.8 Å². The molecule has 0 unspecified atom stereocenters. The van der Waals surface area contributed by atoms with Gasteiger partial charge in [-0.2, -0.15) is 4.31 Å². The van der Waals surface area contributed by atoms with Crippen LogP contribution in [0.3, 0.4) is 0 Å². The Morgan fingerprint density at radius 1 is 1.07 bits per heavy atom. The van der Waals surface area contributed by atoms with E-state index in [-0.39, 0.29) is 32.9 Å². The summed E-state index contributed by atoms with van der Waals surface area (Å²) < 4.78 is 33.4. The van der Waals surface area contributed by atoms with Gasteiger partial charge in [0.2, 0.25) is 10.0 Å². The van der Waals surface area contributed by atoms with Crippen LogP contribution in [0.25, 0.3) is 0 Å². The molecule has 3 N–H and O–H groups in total. The molecule has 1 aliphatic rings. The first-order valence-corrected chi connectivity index (χ1v) is 15.7. The van der Waals surface area contributed by atoms with Crippen molar-refractivity contribution in [3.63, 3.8) is 0 Å². The number of nitrogens with one attached hydrogen (secondary N) is 1. The number of esters is 1. The summed E-state index contributed by atoms with van der Waals surface area (Å²) in [5, 5.41) is 2.97. The third-order valence-corrected chi connectivity index (χ3v) is 9.50. The summed E-state index contributed by atoms with van der Waals surface area (Å²) in [5.41, 5.74) is 7.96. The number of sulfonamides is 1. The zero-order valence-electron chi connectivity index (χ0n) is 23.7. The number of nitrogens with zero attached hydrogens (tertiary/aromatic N) is 4. The maximum Gasteiger partial charge on any atom is 0.331 e. The number of methoxy groups -OCH3 is 1. The third-order valence-electron chi connectivity index (χ3n) is 6.99. The number of carbonyl (C=O) groups is 2. The van der Waals surface area contributed by atoms with E-state index in [4.69, 9.17) is 33.7 Å². The van der Waals surface area contributed by atoms with Crippen LogP contribution in [0.2, 0.25) is 10.0 Å². The first-order chi connectivity index (χ1) is 20.5. The molecule has 14 heteroatoms. The second-order valence-corrected chi connectivity index (χ2v) is 12.6. The number of amides is 1. The average molecular weight is 648 g/mol. The van der Waals surface area contributed by atoms with Gasteiger partial charge >= 0.3 is 5.97 Å². The SMILES string of the molecule is COC(=O)[C@H](Cc1ccc(NC(=O)c2c(Cl)cncc2Cl)cc1)N=C(N)N(C)c1ccccc1S(=O)(=O)N1CCCCC1. The lowest BCUT2D eigenvalue weighted by Gasteiger charge is -2.28. The van der Waals surface area contributed by atoms with Gasteiger partial charge in [0.15, 0.2) is 12.0 Å². The second-order valence-electron chi connectivity index (χ2n) is 9.85. The minimum Gasteiger partial charge on any atom is -0.467 e. The van der Waals surface area contributed by atoms with Crippen LogP contribution in [0.4, 0.5) is 11.4 Å². The molecule has 1 amide bonds. The minimum atomic E-state index is -3.76. The average Bonchev–Trinajstić information content (AvgIpc) is 3.01. The van der Waals surface area contributed by atoms with Crippen LogP contribution in [0, 0.1) is 0 Å². The number of aromatic nitrogens is 1. The van der Waals surface area contributed by atoms with Crippen molar-refractivity contribution in [2.75, 3.05) is 37.5 Å². The van der Waals surface area contributed by atoms with E-state index in [1.54, 1.807) is 49.5 Å². The molecule has 1 atom stereocenters. The van der Waals surface area contributed by atoms with Gasteiger partial charge in [-0.1, -0.05) is 53.9 Å². The molecule has 0 aliphatic carbocycles. The number of nitrogens with two attached hydrogens (primary N) is 1. The molecular weight excluding hydrogens is 615 g/mol. The van der Waals surface area contributed by atoms with E-state index in [1.807, 2.05) is 0 Å². The standard InChI is InChI=1S/C29H32Cl2N6O5S/c1-36(24-8-4-5-9-25(24)43(40,41)37-14-6-3-7-15-37)29(32)35-23(28(39)42-2)16-19-10-12-20(13-11-19)34-27(38)26-21(30)17-33-18-22(26)31/h4-5,8-13,17-18,23H,3,6-7,14-16H2,1-2H3,(H2,32,35)(H,34,38)/t23-/m0/s1. The highest BCUT2D eigenvalue weighted by atomic mass is 35.5. The number of pyridine rings is 1. The van der Waals surface area contributed by atoms with Crippen molar-refractivity contribution in [2.24, 2.45) is 10.7 Å². The summed E-state index contributed by atoms with van der Waals surface area (Å²) in [4.78, 5) is 35.2. The fourth-order valence-electron chi connectivity index (χ4n) is 4.65. The minimum absolute atomic E-state index is 0.0633. The molecule has 0 spiro atoms. The van der Waals surface area contributed by atoms with E-state index in [0.717, 1.165) is 19.3 Å². The lowest BCUT2D eigenvalue weighted by atomic mass is 10.1. The van der Waals surface area contributed by atoms with Gasteiger partial charge in [0.25, 0.3) is 5.91 Å². The van der Waals surface area contributed by atoms with E-state index in [0.29, 0.717) is 30.0 Å². The summed E-state index contributed by atoms with van der Waals surface area (Å²) in [7, 11) is -0.920. The van der Waals surface area contributed by atoms with Gasteiger partial charge in [0.1, 0.15) is 4.90 Å². The smallest absolute Gasteiger partial charge is 0.331 e. The van der Waals surface area contributed by atoms with E-state index in [9.17, 15) is 18.0 Å². The highest BCUT2D eigenvalue weighted by molar-refractivity contribution is 7.89. The van der Waals surface area contributed by atoms with Crippen molar-refractivity contribution in [1.82, 2.24) is 9.29 Å². The number of piperidine rings is 1. The molecule has 2 heterocycles. The van der Waals surface area contributed by atoms with Crippen molar-refractivity contribution in [3.05, 3.63) is 82.1 Å². The summed E-state index contributed by atoms with van der Waals surface area (Å²) >= 11 is 12.2. The predicted molar refractivity (Wildman–Crippen MR) is 167 cm³/mol. The highest BCUT2D eigenvalue weighted by Gasteiger charge is 2.30. The van der Waals surface area contributed by atoms with Gasteiger partial charge in [-0.05, 0) is 42.7 Å². The molecule has 228 valence electrons. The highest BCUT2D eigenvalue weighted by Crippen LogP contribution is 2.29. The van der Waals surface area contributed by atoms with Gasteiger partial charge in [0, 0.05) is 44.6 Å². The zero-order chi connectivity index (χ0) is 31.1. The van der Waals surface area contributed by atoms with Gasteiger partial charge in [-0.15, -0.1) is 0 Å². The number of benzene rings is 2. The number of halogens is 2. The summed E-state index contributed by atoms with van der Waals surface area (Å²) in [6, 6.07) is 12.3. The molecule has 1 aliphatic heterocycles. The van der Waals surface area contributed by atoms with E-state index >= 15 is 0 Å². The van der Waals surface area contributed by atoms with Gasteiger partial charge in [-0.25, -0.2) is 18.2 Å². The summed E-state index contributed by atoms with van der Waals surface area (Å²) in [6.45, 7) is 0.921. The third kappa shape index (κ3) is 7.63. The van der Waals surface area contributed by atoms with E-state index in [2.05, 4.69) is 15.3 Å².